The molecule has 1 unspecified atom stereocenters. The Morgan fingerprint density at radius 1 is 1.39 bits per heavy atom. The predicted molar refractivity (Wildman–Crippen MR) is 70.0 cm³/mol. The minimum absolute atomic E-state index is 0.355. The second-order valence-electron chi connectivity index (χ2n) is 4.46. The number of hydrogen-bond acceptors (Lipinski definition) is 4. The third-order valence-corrected chi connectivity index (χ3v) is 3.19. The van der Waals surface area contributed by atoms with Crippen molar-refractivity contribution >= 4 is 0 Å². The number of ether oxygens (including phenoxy) is 3. The molecule has 0 aromatic heterocycles. The Morgan fingerprint density at radius 3 is 2.94 bits per heavy atom. The number of rotatable bonds is 6. The van der Waals surface area contributed by atoms with Gasteiger partial charge in [-0.25, -0.2) is 0 Å². The number of nitrogens with two attached hydrogens (primary N) is 1. The molecule has 0 bridgehead atoms. The molecule has 0 amide bonds. The van der Waals surface area contributed by atoms with Gasteiger partial charge in [-0.15, -0.1) is 0 Å². The third-order valence-electron chi connectivity index (χ3n) is 3.19. The smallest absolute Gasteiger partial charge is 0.161 e. The molecule has 18 heavy (non-hydrogen) atoms. The number of methoxy groups -OCH3 is 1. The molecule has 4 heteroatoms. The lowest BCUT2D eigenvalue weighted by atomic mass is 10.2. The first-order valence-corrected chi connectivity index (χ1v) is 6.45. The van der Waals surface area contributed by atoms with Crippen molar-refractivity contribution in [1.29, 1.82) is 0 Å². The third kappa shape index (κ3) is 3.37. The highest BCUT2D eigenvalue weighted by atomic mass is 16.5. The molecule has 1 aliphatic heterocycles. The van der Waals surface area contributed by atoms with E-state index in [0.717, 1.165) is 42.9 Å². The molecule has 1 aromatic rings. The summed E-state index contributed by atoms with van der Waals surface area (Å²) in [6.45, 7) is 2.04. The monoisotopic (exact) mass is 251 g/mol. The molecule has 1 heterocycles. The SMILES string of the molecule is COc1ccc(CN)cc1OCCC1CCCO1. The van der Waals surface area contributed by atoms with Crippen LogP contribution in [0.1, 0.15) is 24.8 Å². The second-order valence-corrected chi connectivity index (χ2v) is 4.46. The highest BCUT2D eigenvalue weighted by molar-refractivity contribution is 5.42. The second kappa shape index (κ2) is 6.61. The highest BCUT2D eigenvalue weighted by Crippen LogP contribution is 2.28. The maximum Gasteiger partial charge on any atom is 0.161 e. The quantitative estimate of drug-likeness (QED) is 0.841. The molecule has 2 rings (SSSR count). The summed E-state index contributed by atoms with van der Waals surface area (Å²) in [7, 11) is 1.64. The van der Waals surface area contributed by atoms with E-state index in [1.807, 2.05) is 18.2 Å². The van der Waals surface area contributed by atoms with E-state index in [1.165, 1.54) is 0 Å². The Hall–Kier alpha value is -1.26. The van der Waals surface area contributed by atoms with E-state index in [2.05, 4.69) is 0 Å². The van der Waals surface area contributed by atoms with Crippen molar-refractivity contribution in [3.05, 3.63) is 23.8 Å². The molecular formula is C14H21NO3. The fourth-order valence-electron chi connectivity index (χ4n) is 2.13. The molecule has 1 fully saturated rings. The zero-order valence-electron chi connectivity index (χ0n) is 10.9. The Labute approximate surface area is 108 Å². The van der Waals surface area contributed by atoms with Crippen molar-refractivity contribution in [1.82, 2.24) is 0 Å². The van der Waals surface area contributed by atoms with Crippen LogP contribution in [0.15, 0.2) is 18.2 Å². The first-order chi connectivity index (χ1) is 8.83. The van der Waals surface area contributed by atoms with Crippen LogP contribution >= 0.6 is 0 Å². The molecule has 0 spiro atoms. The zero-order valence-corrected chi connectivity index (χ0v) is 10.9. The maximum absolute atomic E-state index is 5.77. The number of hydrogen-bond donors (Lipinski definition) is 1. The van der Waals surface area contributed by atoms with Crippen LogP contribution in [-0.2, 0) is 11.3 Å². The number of benzene rings is 1. The van der Waals surface area contributed by atoms with Crippen LogP contribution < -0.4 is 15.2 Å². The molecule has 2 N–H and O–H groups in total. The molecule has 1 aliphatic rings. The van der Waals surface area contributed by atoms with Gasteiger partial charge < -0.3 is 19.9 Å². The molecule has 0 aliphatic carbocycles. The largest absolute Gasteiger partial charge is 0.493 e. The van der Waals surface area contributed by atoms with Crippen LogP contribution in [-0.4, -0.2) is 26.4 Å². The van der Waals surface area contributed by atoms with Crippen molar-refractivity contribution in [2.45, 2.75) is 31.9 Å². The Bertz CT molecular complexity index is 375. The van der Waals surface area contributed by atoms with Crippen LogP contribution in [0.2, 0.25) is 0 Å². The standard InChI is InChI=1S/C14H21NO3/c1-16-13-5-4-11(10-15)9-14(13)18-8-6-12-3-2-7-17-12/h4-5,9,12H,2-3,6-8,10,15H2,1H3. The molecular weight excluding hydrogens is 230 g/mol. The molecule has 1 saturated heterocycles. The lowest BCUT2D eigenvalue weighted by Crippen LogP contribution is -2.11. The van der Waals surface area contributed by atoms with Gasteiger partial charge in [-0.3, -0.25) is 0 Å². The van der Waals surface area contributed by atoms with Crippen LogP contribution in [0.3, 0.4) is 0 Å². The van der Waals surface area contributed by atoms with Gasteiger partial charge in [-0.1, -0.05) is 6.07 Å². The topological polar surface area (TPSA) is 53.7 Å². The summed E-state index contributed by atoms with van der Waals surface area (Å²) in [5.74, 6) is 1.51. The minimum Gasteiger partial charge on any atom is -0.493 e. The molecule has 1 atom stereocenters. The van der Waals surface area contributed by atoms with Gasteiger partial charge in [0.25, 0.3) is 0 Å². The summed E-state index contributed by atoms with van der Waals surface area (Å²) in [6, 6.07) is 5.78. The van der Waals surface area contributed by atoms with Gasteiger partial charge in [0.2, 0.25) is 0 Å². The summed E-state index contributed by atoms with van der Waals surface area (Å²) in [4.78, 5) is 0. The van der Waals surface area contributed by atoms with E-state index in [-0.39, 0.29) is 0 Å². The van der Waals surface area contributed by atoms with E-state index in [1.54, 1.807) is 7.11 Å². The summed E-state index contributed by atoms with van der Waals surface area (Å²) in [5.41, 5.74) is 6.67. The van der Waals surface area contributed by atoms with Gasteiger partial charge in [-0.05, 0) is 30.5 Å². The maximum atomic E-state index is 5.77. The summed E-state index contributed by atoms with van der Waals surface area (Å²) in [5, 5.41) is 0. The van der Waals surface area contributed by atoms with Crippen molar-refractivity contribution in [3.8, 4) is 11.5 Å². The molecule has 1 aromatic carbocycles. The molecule has 0 radical (unpaired) electrons. The Morgan fingerprint density at radius 2 is 2.28 bits per heavy atom. The van der Waals surface area contributed by atoms with Crippen LogP contribution in [0, 0.1) is 0 Å². The Balaban J connectivity index is 1.89. The van der Waals surface area contributed by atoms with Crippen LogP contribution in [0.25, 0.3) is 0 Å². The van der Waals surface area contributed by atoms with Gasteiger partial charge in [0.1, 0.15) is 0 Å². The van der Waals surface area contributed by atoms with E-state index in [4.69, 9.17) is 19.9 Å². The summed E-state index contributed by atoms with van der Waals surface area (Å²) >= 11 is 0. The van der Waals surface area contributed by atoms with Gasteiger partial charge in [0.05, 0.1) is 19.8 Å². The average molecular weight is 251 g/mol. The lowest BCUT2D eigenvalue weighted by molar-refractivity contribution is 0.0899. The summed E-state index contributed by atoms with van der Waals surface area (Å²) < 4.78 is 16.6. The van der Waals surface area contributed by atoms with Gasteiger partial charge in [-0.2, -0.15) is 0 Å². The fourth-order valence-corrected chi connectivity index (χ4v) is 2.13. The van der Waals surface area contributed by atoms with Gasteiger partial charge in [0, 0.05) is 19.6 Å². The highest BCUT2D eigenvalue weighted by Gasteiger charge is 2.15. The molecule has 100 valence electrons. The van der Waals surface area contributed by atoms with E-state index in [9.17, 15) is 0 Å². The van der Waals surface area contributed by atoms with Crippen LogP contribution in [0.4, 0.5) is 0 Å². The minimum atomic E-state index is 0.355. The van der Waals surface area contributed by atoms with E-state index in [0.29, 0.717) is 19.3 Å². The normalized spacial score (nSPS) is 18.9. The first kappa shape index (κ1) is 13.2. The van der Waals surface area contributed by atoms with Crippen molar-refractivity contribution in [2.75, 3.05) is 20.3 Å². The van der Waals surface area contributed by atoms with Gasteiger partial charge >= 0.3 is 0 Å². The van der Waals surface area contributed by atoms with E-state index >= 15 is 0 Å². The Kier molecular flexibility index (Phi) is 4.84. The zero-order chi connectivity index (χ0) is 12.8. The van der Waals surface area contributed by atoms with Crippen molar-refractivity contribution in [2.24, 2.45) is 5.73 Å². The fraction of sp³-hybridized carbons (Fsp3) is 0.571. The average Bonchev–Trinajstić information content (AvgIpc) is 2.92. The van der Waals surface area contributed by atoms with Gasteiger partial charge in [0.15, 0.2) is 11.5 Å². The molecule has 4 nitrogen and oxygen atoms in total. The summed E-state index contributed by atoms with van der Waals surface area (Å²) in [6.07, 6.45) is 3.59. The lowest BCUT2D eigenvalue weighted by Gasteiger charge is -2.14. The van der Waals surface area contributed by atoms with Crippen molar-refractivity contribution in [3.63, 3.8) is 0 Å². The molecule has 0 saturated carbocycles. The predicted octanol–water partition coefficient (Wildman–Crippen LogP) is 2.10. The van der Waals surface area contributed by atoms with E-state index < -0.39 is 0 Å². The van der Waals surface area contributed by atoms with Crippen molar-refractivity contribution < 1.29 is 14.2 Å². The van der Waals surface area contributed by atoms with Crippen LogP contribution in [0.5, 0.6) is 11.5 Å². The first-order valence-electron chi connectivity index (χ1n) is 6.45.